The number of nitrogens with zero attached hydrogens (tertiary/aromatic N) is 5. The molecule has 182 valence electrons. The molecule has 0 bridgehead atoms. The van der Waals surface area contributed by atoms with E-state index in [9.17, 15) is 9.59 Å². The molecule has 1 aromatic carbocycles. The van der Waals surface area contributed by atoms with E-state index in [4.69, 9.17) is 9.15 Å². The van der Waals surface area contributed by atoms with Crippen molar-refractivity contribution in [1.29, 1.82) is 0 Å². The maximum atomic E-state index is 15.0. The highest BCUT2D eigenvalue weighted by Gasteiger charge is 2.33. The zero-order valence-electron chi connectivity index (χ0n) is 19.2. The van der Waals surface area contributed by atoms with Gasteiger partial charge in [-0.05, 0) is 24.3 Å². The summed E-state index contributed by atoms with van der Waals surface area (Å²) < 4.78 is 25.4. The first kappa shape index (κ1) is 22.6. The van der Waals surface area contributed by atoms with Crippen molar-refractivity contribution in [3.63, 3.8) is 0 Å². The van der Waals surface area contributed by atoms with Gasteiger partial charge in [0.15, 0.2) is 5.82 Å². The van der Waals surface area contributed by atoms with Gasteiger partial charge in [0.25, 0.3) is 0 Å². The highest BCUT2D eigenvalue weighted by atomic mass is 19.1. The van der Waals surface area contributed by atoms with E-state index >= 15 is 4.39 Å². The summed E-state index contributed by atoms with van der Waals surface area (Å²) >= 11 is 0. The lowest BCUT2D eigenvalue weighted by Crippen LogP contribution is -2.47. The van der Waals surface area contributed by atoms with Crippen LogP contribution in [0.4, 0.5) is 26.2 Å². The van der Waals surface area contributed by atoms with Crippen LogP contribution < -0.4 is 20.0 Å². The average molecular weight is 481 g/mol. The van der Waals surface area contributed by atoms with Crippen LogP contribution in [0.5, 0.6) is 0 Å². The fourth-order valence-corrected chi connectivity index (χ4v) is 4.25. The molecule has 0 saturated carbocycles. The minimum atomic E-state index is -0.554. The zero-order chi connectivity index (χ0) is 24.4. The molecule has 2 amide bonds. The van der Waals surface area contributed by atoms with Crippen LogP contribution in [0.3, 0.4) is 0 Å². The van der Waals surface area contributed by atoms with Gasteiger partial charge in [-0.2, -0.15) is 0 Å². The summed E-state index contributed by atoms with van der Waals surface area (Å²) in [6.07, 6.45) is 5.73. The van der Waals surface area contributed by atoms with Gasteiger partial charge < -0.3 is 24.3 Å². The quantitative estimate of drug-likeness (QED) is 0.574. The van der Waals surface area contributed by atoms with E-state index in [1.807, 2.05) is 11.0 Å². The second-order valence-electron chi connectivity index (χ2n) is 8.44. The van der Waals surface area contributed by atoms with E-state index in [-0.39, 0.29) is 19.0 Å². The number of anilines is 3. The SMILES string of the molecule is CC(=O)NCC1CN(c2ccc(N3CCN(c4cnc(-c5ccoc5)nc4)CC3)c(F)c2)C(=O)O1. The maximum Gasteiger partial charge on any atom is 0.414 e. The van der Waals surface area contributed by atoms with Crippen LogP contribution in [-0.4, -0.2) is 67.3 Å². The molecule has 0 radical (unpaired) electrons. The minimum Gasteiger partial charge on any atom is -0.472 e. The van der Waals surface area contributed by atoms with Crippen LogP contribution in [0.25, 0.3) is 11.4 Å². The fraction of sp³-hybridized carbons (Fsp3) is 0.333. The van der Waals surface area contributed by atoms with E-state index in [2.05, 4.69) is 20.2 Å². The van der Waals surface area contributed by atoms with Gasteiger partial charge in [-0.1, -0.05) is 0 Å². The second kappa shape index (κ2) is 9.61. The van der Waals surface area contributed by atoms with Crippen molar-refractivity contribution in [2.24, 2.45) is 0 Å². The number of piperazine rings is 1. The Kier molecular flexibility index (Phi) is 6.21. The average Bonchev–Trinajstić information content (AvgIpc) is 3.53. The minimum absolute atomic E-state index is 0.200. The van der Waals surface area contributed by atoms with Gasteiger partial charge in [-0.15, -0.1) is 0 Å². The molecule has 2 saturated heterocycles. The number of amides is 2. The molecule has 2 fully saturated rings. The molecule has 4 heterocycles. The number of aromatic nitrogens is 2. The van der Waals surface area contributed by atoms with Crippen LogP contribution in [-0.2, 0) is 9.53 Å². The predicted octanol–water partition coefficient (Wildman–Crippen LogP) is 2.66. The maximum absolute atomic E-state index is 15.0. The molecule has 3 aromatic rings. The molecular weight excluding hydrogens is 455 g/mol. The van der Waals surface area contributed by atoms with Crippen LogP contribution in [0.1, 0.15) is 6.92 Å². The Morgan fingerprint density at radius 3 is 2.51 bits per heavy atom. The summed E-state index contributed by atoms with van der Waals surface area (Å²) in [4.78, 5) is 37.7. The summed E-state index contributed by atoms with van der Waals surface area (Å²) in [7, 11) is 0. The van der Waals surface area contributed by atoms with E-state index < -0.39 is 18.0 Å². The second-order valence-corrected chi connectivity index (χ2v) is 8.44. The van der Waals surface area contributed by atoms with Gasteiger partial charge in [0.1, 0.15) is 18.2 Å². The van der Waals surface area contributed by atoms with Gasteiger partial charge in [-0.3, -0.25) is 9.69 Å². The molecule has 2 aliphatic heterocycles. The molecule has 5 rings (SSSR count). The molecule has 0 aliphatic carbocycles. The summed E-state index contributed by atoms with van der Waals surface area (Å²) in [6, 6.07) is 6.57. The van der Waals surface area contributed by atoms with Crippen molar-refractivity contribution in [3.8, 4) is 11.4 Å². The van der Waals surface area contributed by atoms with Crippen molar-refractivity contribution in [2.75, 3.05) is 54.0 Å². The number of nitrogens with one attached hydrogen (secondary N) is 1. The largest absolute Gasteiger partial charge is 0.472 e. The van der Waals surface area contributed by atoms with Crippen LogP contribution in [0.2, 0.25) is 0 Å². The molecule has 1 N–H and O–H groups in total. The Labute approximate surface area is 201 Å². The van der Waals surface area contributed by atoms with E-state index in [1.54, 1.807) is 37.1 Å². The lowest BCUT2D eigenvalue weighted by molar-refractivity contribution is -0.119. The number of rotatable bonds is 6. The molecule has 11 heteroatoms. The number of halogens is 1. The highest BCUT2D eigenvalue weighted by molar-refractivity contribution is 5.90. The van der Waals surface area contributed by atoms with Gasteiger partial charge in [0.2, 0.25) is 5.91 Å². The van der Waals surface area contributed by atoms with E-state index in [1.165, 1.54) is 17.9 Å². The summed E-state index contributed by atoms with van der Waals surface area (Å²) in [5.41, 5.74) is 2.65. The molecule has 35 heavy (non-hydrogen) atoms. The van der Waals surface area contributed by atoms with Crippen LogP contribution in [0.15, 0.2) is 53.6 Å². The number of ether oxygens (including phenoxy) is 1. The van der Waals surface area contributed by atoms with Gasteiger partial charge >= 0.3 is 6.09 Å². The first-order chi connectivity index (χ1) is 17.0. The number of carbonyl (C=O) groups is 2. The molecule has 2 aliphatic rings. The number of furan rings is 1. The van der Waals surface area contributed by atoms with Crippen LogP contribution in [0, 0.1) is 5.82 Å². The van der Waals surface area contributed by atoms with Crippen molar-refractivity contribution in [1.82, 2.24) is 15.3 Å². The zero-order valence-corrected chi connectivity index (χ0v) is 19.2. The third-order valence-electron chi connectivity index (χ3n) is 6.10. The molecule has 2 aromatic heterocycles. The Hall–Kier alpha value is -4.15. The third kappa shape index (κ3) is 4.88. The number of carbonyl (C=O) groups excluding carboxylic acids is 2. The van der Waals surface area contributed by atoms with Crippen molar-refractivity contribution in [2.45, 2.75) is 13.0 Å². The first-order valence-electron chi connectivity index (χ1n) is 11.3. The fourth-order valence-electron chi connectivity index (χ4n) is 4.25. The topological polar surface area (TPSA) is 104 Å². The Balaban J connectivity index is 1.19. The number of benzene rings is 1. The standard InChI is InChI=1S/C24H25FN6O4/c1-16(32)26-13-20-14-31(24(33)35-20)18-2-3-22(21(25)10-18)30-7-5-29(6-8-30)19-11-27-23(28-12-19)17-4-9-34-15-17/h2-4,9-12,15,20H,5-8,13-14H2,1H3,(H,26,32). The lowest BCUT2D eigenvalue weighted by atomic mass is 10.2. The number of hydrogen-bond donors (Lipinski definition) is 1. The summed E-state index contributed by atoms with van der Waals surface area (Å²) in [5, 5.41) is 2.63. The van der Waals surface area contributed by atoms with Gasteiger partial charge in [0.05, 0.1) is 54.4 Å². The Bertz CT molecular complexity index is 1200. The lowest BCUT2D eigenvalue weighted by Gasteiger charge is -2.37. The molecule has 1 atom stereocenters. The van der Waals surface area contributed by atoms with E-state index in [0.29, 0.717) is 43.4 Å². The molecule has 0 spiro atoms. The monoisotopic (exact) mass is 480 g/mol. The predicted molar refractivity (Wildman–Crippen MR) is 127 cm³/mol. The number of cyclic esters (lactones) is 1. The van der Waals surface area contributed by atoms with Crippen LogP contribution >= 0.6 is 0 Å². The Morgan fingerprint density at radius 2 is 1.86 bits per heavy atom. The smallest absolute Gasteiger partial charge is 0.414 e. The normalized spacial score (nSPS) is 18.1. The highest BCUT2D eigenvalue weighted by Crippen LogP contribution is 2.29. The summed E-state index contributed by atoms with van der Waals surface area (Å²) in [6.45, 7) is 4.51. The molecule has 1 unspecified atom stereocenters. The number of hydrogen-bond acceptors (Lipinski definition) is 8. The van der Waals surface area contributed by atoms with Crippen molar-refractivity contribution in [3.05, 3.63) is 55.0 Å². The summed E-state index contributed by atoms with van der Waals surface area (Å²) in [5.74, 6) is 0.00210. The van der Waals surface area contributed by atoms with Crippen molar-refractivity contribution < 1.29 is 23.1 Å². The van der Waals surface area contributed by atoms with Gasteiger partial charge in [-0.25, -0.2) is 19.2 Å². The first-order valence-corrected chi connectivity index (χ1v) is 11.3. The Morgan fingerprint density at radius 1 is 1.11 bits per heavy atom. The molecule has 10 nitrogen and oxygen atoms in total. The molecular formula is C24H25FN6O4. The third-order valence-corrected chi connectivity index (χ3v) is 6.10. The van der Waals surface area contributed by atoms with Crippen molar-refractivity contribution >= 4 is 29.1 Å². The van der Waals surface area contributed by atoms with E-state index in [0.717, 1.165) is 11.3 Å². The van der Waals surface area contributed by atoms with Gasteiger partial charge in [0, 0.05) is 33.1 Å².